The molecule has 0 bridgehead atoms. The number of ether oxygens (including phenoxy) is 1. The Kier molecular flexibility index (Phi) is 5.55. The van der Waals surface area contributed by atoms with Gasteiger partial charge in [0.05, 0.1) is 13.3 Å². The van der Waals surface area contributed by atoms with Crippen LogP contribution in [0.4, 0.5) is 5.69 Å². The molecule has 0 aliphatic carbocycles. The van der Waals surface area contributed by atoms with Gasteiger partial charge in [-0.05, 0) is 43.4 Å². The number of nitrogens with one attached hydrogen (secondary N) is 1. The summed E-state index contributed by atoms with van der Waals surface area (Å²) < 4.78 is 7.11. The number of piperazine rings is 1. The van der Waals surface area contributed by atoms with E-state index in [9.17, 15) is 0 Å². The highest BCUT2D eigenvalue weighted by molar-refractivity contribution is 7.80. The van der Waals surface area contributed by atoms with Gasteiger partial charge in [-0.25, -0.2) is 0 Å². The van der Waals surface area contributed by atoms with Gasteiger partial charge in [-0.15, -0.1) is 0 Å². The van der Waals surface area contributed by atoms with E-state index in [-0.39, 0.29) is 0 Å². The van der Waals surface area contributed by atoms with Gasteiger partial charge < -0.3 is 15.0 Å². The van der Waals surface area contributed by atoms with Crippen LogP contribution in [0, 0.1) is 6.92 Å². The predicted molar refractivity (Wildman–Crippen MR) is 104 cm³/mol. The molecule has 1 N–H and O–H groups in total. The average Bonchev–Trinajstić information content (AvgIpc) is 2.95. The first-order valence-electron chi connectivity index (χ1n) is 8.46. The third-order valence-electron chi connectivity index (χ3n) is 4.73. The van der Waals surface area contributed by atoms with E-state index in [0.29, 0.717) is 0 Å². The minimum Gasteiger partial charge on any atom is -0.497 e. The van der Waals surface area contributed by atoms with Gasteiger partial charge in [-0.1, -0.05) is 0 Å². The number of aromatic nitrogens is 2. The minimum absolute atomic E-state index is 0.780. The lowest BCUT2D eigenvalue weighted by molar-refractivity contribution is 0.176. The number of anilines is 1. The molecule has 0 spiro atoms. The molecule has 1 aromatic heterocycles. The van der Waals surface area contributed by atoms with E-state index in [0.717, 1.165) is 49.3 Å². The van der Waals surface area contributed by atoms with Crippen LogP contribution in [0.1, 0.15) is 11.3 Å². The summed E-state index contributed by atoms with van der Waals surface area (Å²) in [6, 6.07) is 7.82. The van der Waals surface area contributed by atoms with Crippen molar-refractivity contribution in [1.29, 1.82) is 0 Å². The molecule has 1 aliphatic rings. The average molecular weight is 359 g/mol. The Morgan fingerprint density at radius 2 is 1.88 bits per heavy atom. The third kappa shape index (κ3) is 4.29. The standard InChI is InChI=1S/C18H25N5OS/c1-14-15(12-19-21(14)2)13-22-8-10-23(11-9-22)18(25)20-16-4-6-17(24-3)7-5-16/h4-7,12H,8-11,13H2,1-3H3,(H,20,25). The molecule has 1 saturated heterocycles. The fourth-order valence-corrected chi connectivity index (χ4v) is 3.23. The first-order valence-corrected chi connectivity index (χ1v) is 8.87. The van der Waals surface area contributed by atoms with E-state index >= 15 is 0 Å². The van der Waals surface area contributed by atoms with Crippen LogP contribution in [0.2, 0.25) is 0 Å². The van der Waals surface area contributed by atoms with Gasteiger partial charge in [0.1, 0.15) is 5.75 Å². The Morgan fingerprint density at radius 1 is 1.20 bits per heavy atom. The summed E-state index contributed by atoms with van der Waals surface area (Å²) in [7, 11) is 3.65. The van der Waals surface area contributed by atoms with E-state index in [1.165, 1.54) is 11.3 Å². The monoisotopic (exact) mass is 359 g/mol. The van der Waals surface area contributed by atoms with E-state index in [4.69, 9.17) is 17.0 Å². The Bertz CT molecular complexity index is 720. The summed E-state index contributed by atoms with van der Waals surface area (Å²) in [5, 5.41) is 8.41. The fourth-order valence-electron chi connectivity index (χ4n) is 2.93. The molecule has 0 unspecified atom stereocenters. The number of thiocarbonyl (C=S) groups is 1. The number of hydrogen-bond acceptors (Lipinski definition) is 4. The lowest BCUT2D eigenvalue weighted by atomic mass is 10.2. The molecule has 3 rings (SSSR count). The van der Waals surface area contributed by atoms with Gasteiger partial charge >= 0.3 is 0 Å². The van der Waals surface area contributed by atoms with Crippen molar-refractivity contribution < 1.29 is 4.74 Å². The zero-order chi connectivity index (χ0) is 17.8. The summed E-state index contributed by atoms with van der Waals surface area (Å²) in [6.07, 6.45) is 1.97. The molecular formula is C18H25N5OS. The number of nitrogens with zero attached hydrogens (tertiary/aromatic N) is 4. The van der Waals surface area contributed by atoms with E-state index in [2.05, 4.69) is 27.1 Å². The van der Waals surface area contributed by atoms with Crippen molar-refractivity contribution in [3.05, 3.63) is 41.7 Å². The normalized spacial score (nSPS) is 15.2. The molecule has 1 fully saturated rings. The molecule has 134 valence electrons. The van der Waals surface area contributed by atoms with Crippen LogP contribution in [0.3, 0.4) is 0 Å². The number of hydrogen-bond donors (Lipinski definition) is 1. The number of methoxy groups -OCH3 is 1. The Labute approximate surface area is 154 Å². The van der Waals surface area contributed by atoms with Gasteiger partial charge in [-0.3, -0.25) is 9.58 Å². The SMILES string of the molecule is COc1ccc(NC(=S)N2CCN(Cc3cnn(C)c3C)CC2)cc1. The summed E-state index contributed by atoms with van der Waals surface area (Å²) >= 11 is 5.56. The van der Waals surface area contributed by atoms with E-state index in [1.54, 1.807) is 7.11 Å². The lowest BCUT2D eigenvalue weighted by Gasteiger charge is -2.36. The highest BCUT2D eigenvalue weighted by atomic mass is 32.1. The number of rotatable bonds is 4. The zero-order valence-electron chi connectivity index (χ0n) is 15.0. The Balaban J connectivity index is 1.49. The molecule has 1 aromatic carbocycles. The smallest absolute Gasteiger partial charge is 0.173 e. The summed E-state index contributed by atoms with van der Waals surface area (Å²) in [4.78, 5) is 4.68. The predicted octanol–water partition coefficient (Wildman–Crippen LogP) is 2.25. The van der Waals surface area contributed by atoms with Gasteiger partial charge in [0.2, 0.25) is 0 Å². The highest BCUT2D eigenvalue weighted by Gasteiger charge is 2.20. The topological polar surface area (TPSA) is 45.6 Å². The Hall–Kier alpha value is -2.12. The van der Waals surface area contributed by atoms with Crippen molar-refractivity contribution in [2.75, 3.05) is 38.6 Å². The number of benzene rings is 1. The van der Waals surface area contributed by atoms with Gasteiger partial charge in [0.25, 0.3) is 0 Å². The maximum absolute atomic E-state index is 5.56. The van der Waals surface area contributed by atoms with Crippen molar-refractivity contribution in [1.82, 2.24) is 19.6 Å². The molecule has 25 heavy (non-hydrogen) atoms. The summed E-state index contributed by atoms with van der Waals surface area (Å²) in [5.41, 5.74) is 3.52. The minimum atomic E-state index is 0.780. The largest absolute Gasteiger partial charge is 0.497 e. The van der Waals surface area contributed by atoms with Crippen molar-refractivity contribution in [3.8, 4) is 5.75 Å². The quantitative estimate of drug-likeness (QED) is 0.845. The van der Waals surface area contributed by atoms with Crippen LogP contribution in [-0.2, 0) is 13.6 Å². The lowest BCUT2D eigenvalue weighted by Crippen LogP contribution is -2.49. The maximum Gasteiger partial charge on any atom is 0.173 e. The summed E-state index contributed by atoms with van der Waals surface area (Å²) in [5.74, 6) is 0.843. The molecule has 0 atom stereocenters. The van der Waals surface area contributed by atoms with Gasteiger partial charge in [0.15, 0.2) is 5.11 Å². The second-order valence-corrected chi connectivity index (χ2v) is 6.69. The fraction of sp³-hybridized carbons (Fsp3) is 0.444. The van der Waals surface area contributed by atoms with Crippen LogP contribution >= 0.6 is 12.2 Å². The molecule has 2 aromatic rings. The highest BCUT2D eigenvalue weighted by Crippen LogP contribution is 2.16. The second-order valence-electron chi connectivity index (χ2n) is 6.30. The van der Waals surface area contributed by atoms with Gasteiger partial charge in [-0.2, -0.15) is 5.10 Å². The molecule has 0 amide bonds. The number of aryl methyl sites for hydroxylation is 1. The molecular weight excluding hydrogens is 334 g/mol. The Morgan fingerprint density at radius 3 is 2.44 bits per heavy atom. The van der Waals surface area contributed by atoms with Gasteiger partial charge in [0, 0.05) is 56.7 Å². The van der Waals surface area contributed by atoms with Crippen LogP contribution in [0.5, 0.6) is 5.75 Å². The molecule has 0 saturated carbocycles. The van der Waals surface area contributed by atoms with Crippen LogP contribution in [-0.4, -0.2) is 58.0 Å². The first kappa shape index (κ1) is 17.7. The zero-order valence-corrected chi connectivity index (χ0v) is 15.8. The molecule has 6 nitrogen and oxygen atoms in total. The van der Waals surface area contributed by atoms with Crippen molar-refractivity contribution >= 4 is 23.0 Å². The summed E-state index contributed by atoms with van der Waals surface area (Å²) in [6.45, 7) is 6.93. The van der Waals surface area contributed by atoms with Crippen molar-refractivity contribution in [3.63, 3.8) is 0 Å². The van der Waals surface area contributed by atoms with E-state index in [1.807, 2.05) is 42.2 Å². The maximum atomic E-state index is 5.56. The van der Waals surface area contributed by atoms with Crippen LogP contribution in [0.25, 0.3) is 0 Å². The molecule has 1 aliphatic heterocycles. The first-order chi connectivity index (χ1) is 12.1. The van der Waals surface area contributed by atoms with Crippen LogP contribution < -0.4 is 10.1 Å². The molecule has 7 heteroatoms. The van der Waals surface area contributed by atoms with Crippen molar-refractivity contribution in [2.45, 2.75) is 13.5 Å². The molecule has 2 heterocycles. The molecule has 0 radical (unpaired) electrons. The van der Waals surface area contributed by atoms with Crippen LogP contribution in [0.15, 0.2) is 30.5 Å². The van der Waals surface area contributed by atoms with Crippen molar-refractivity contribution in [2.24, 2.45) is 7.05 Å². The second kappa shape index (κ2) is 7.84. The van der Waals surface area contributed by atoms with E-state index < -0.39 is 0 Å². The third-order valence-corrected chi connectivity index (χ3v) is 5.09.